The van der Waals surface area contributed by atoms with E-state index in [2.05, 4.69) is 18.7 Å². The van der Waals surface area contributed by atoms with Gasteiger partial charge in [0.25, 0.3) is 0 Å². The maximum absolute atomic E-state index is 11.0. The molecule has 0 aromatic rings. The first kappa shape index (κ1) is 10.4. The van der Waals surface area contributed by atoms with Crippen molar-refractivity contribution in [3.63, 3.8) is 0 Å². The molecule has 0 unspecified atom stereocenters. The van der Waals surface area contributed by atoms with Gasteiger partial charge < -0.3 is 0 Å². The molecular formula is C9H17NO. The predicted octanol–water partition coefficient (Wildman–Crippen LogP) is 1.47. The van der Waals surface area contributed by atoms with Crippen molar-refractivity contribution in [2.24, 2.45) is 0 Å². The number of likely N-dealkylation sites (N-methyl/N-ethyl adjacent to an activating group) is 1. The van der Waals surface area contributed by atoms with E-state index >= 15 is 0 Å². The molecule has 0 bridgehead atoms. The fourth-order valence-electron chi connectivity index (χ4n) is 0.906. The fourth-order valence-corrected chi connectivity index (χ4v) is 0.906. The highest BCUT2D eigenvalue weighted by molar-refractivity contribution is 5.91. The minimum absolute atomic E-state index is 0.191. The number of allylic oxidation sites excluding steroid dienone is 1. The largest absolute Gasteiger partial charge is 0.296 e. The molecule has 64 valence electrons. The zero-order valence-corrected chi connectivity index (χ0v) is 7.63. The van der Waals surface area contributed by atoms with Crippen LogP contribution < -0.4 is 0 Å². The van der Waals surface area contributed by atoms with Crippen LogP contribution in [0.5, 0.6) is 0 Å². The summed E-state index contributed by atoms with van der Waals surface area (Å²) in [5.74, 6) is 0.191. The first-order valence-corrected chi connectivity index (χ1v) is 4.12. The van der Waals surface area contributed by atoms with Gasteiger partial charge >= 0.3 is 0 Å². The van der Waals surface area contributed by atoms with Crippen molar-refractivity contribution in [2.45, 2.75) is 20.8 Å². The Bertz CT molecular complexity index is 136. The summed E-state index contributed by atoms with van der Waals surface area (Å²) >= 11 is 0. The van der Waals surface area contributed by atoms with Gasteiger partial charge in [-0.2, -0.15) is 0 Å². The van der Waals surface area contributed by atoms with E-state index in [0.29, 0.717) is 6.54 Å². The Morgan fingerprint density at radius 1 is 1.36 bits per heavy atom. The molecule has 0 spiro atoms. The molecule has 0 saturated carbocycles. The second-order valence-electron chi connectivity index (χ2n) is 2.43. The predicted molar refractivity (Wildman–Crippen MR) is 47.6 cm³/mol. The second-order valence-corrected chi connectivity index (χ2v) is 2.43. The Hall–Kier alpha value is -0.630. The molecule has 0 aromatic carbocycles. The van der Waals surface area contributed by atoms with Gasteiger partial charge in [-0.1, -0.05) is 19.9 Å². The van der Waals surface area contributed by atoms with E-state index in [1.807, 2.05) is 6.92 Å². The normalized spacial score (nSPS) is 11.3. The lowest BCUT2D eigenvalue weighted by atomic mass is 10.3. The molecule has 0 N–H and O–H groups in total. The van der Waals surface area contributed by atoms with Crippen LogP contribution in [0.25, 0.3) is 0 Å². The average molecular weight is 155 g/mol. The third kappa shape index (κ3) is 4.73. The summed E-state index contributed by atoms with van der Waals surface area (Å²) in [5.41, 5.74) is 0. The number of hydrogen-bond donors (Lipinski definition) is 0. The molecule has 0 rings (SSSR count). The number of hydrogen-bond acceptors (Lipinski definition) is 2. The summed E-state index contributed by atoms with van der Waals surface area (Å²) in [5, 5.41) is 0. The number of rotatable bonds is 5. The van der Waals surface area contributed by atoms with Gasteiger partial charge in [-0.05, 0) is 26.1 Å². The Balaban J connectivity index is 3.71. The maximum atomic E-state index is 11.0. The van der Waals surface area contributed by atoms with E-state index in [1.54, 1.807) is 12.2 Å². The molecule has 0 aliphatic heterocycles. The van der Waals surface area contributed by atoms with E-state index in [0.717, 1.165) is 13.1 Å². The Morgan fingerprint density at radius 3 is 2.27 bits per heavy atom. The van der Waals surface area contributed by atoms with Crippen LogP contribution in [-0.2, 0) is 4.79 Å². The van der Waals surface area contributed by atoms with Gasteiger partial charge in [0.1, 0.15) is 0 Å². The molecule has 0 aliphatic carbocycles. The van der Waals surface area contributed by atoms with Crippen molar-refractivity contribution >= 4 is 5.78 Å². The summed E-state index contributed by atoms with van der Waals surface area (Å²) in [4.78, 5) is 13.1. The van der Waals surface area contributed by atoms with Crippen molar-refractivity contribution in [1.82, 2.24) is 4.90 Å². The summed E-state index contributed by atoms with van der Waals surface area (Å²) in [7, 11) is 0. The molecule has 11 heavy (non-hydrogen) atoms. The van der Waals surface area contributed by atoms with Crippen LogP contribution in [-0.4, -0.2) is 30.3 Å². The van der Waals surface area contributed by atoms with Crippen LogP contribution >= 0.6 is 0 Å². The van der Waals surface area contributed by atoms with Gasteiger partial charge in [0.2, 0.25) is 0 Å². The summed E-state index contributed by atoms with van der Waals surface area (Å²) in [6.45, 7) is 8.43. The van der Waals surface area contributed by atoms with Crippen LogP contribution in [0, 0.1) is 0 Å². The van der Waals surface area contributed by atoms with Crippen LogP contribution in [0.1, 0.15) is 20.8 Å². The van der Waals surface area contributed by atoms with Crippen molar-refractivity contribution < 1.29 is 4.79 Å². The van der Waals surface area contributed by atoms with Crippen molar-refractivity contribution in [2.75, 3.05) is 19.6 Å². The van der Waals surface area contributed by atoms with Crippen LogP contribution in [0.2, 0.25) is 0 Å². The minimum atomic E-state index is 0.191. The van der Waals surface area contributed by atoms with E-state index in [1.165, 1.54) is 0 Å². The molecule has 2 nitrogen and oxygen atoms in total. The van der Waals surface area contributed by atoms with E-state index in [-0.39, 0.29) is 5.78 Å². The smallest absolute Gasteiger partial charge is 0.169 e. The fraction of sp³-hybridized carbons (Fsp3) is 0.667. The summed E-state index contributed by atoms with van der Waals surface area (Å²) in [6.07, 6.45) is 3.41. The first-order chi connectivity index (χ1) is 5.24. The third-order valence-corrected chi connectivity index (χ3v) is 1.63. The van der Waals surface area contributed by atoms with Crippen LogP contribution in [0.15, 0.2) is 12.2 Å². The quantitative estimate of drug-likeness (QED) is 0.560. The lowest BCUT2D eigenvalue weighted by molar-refractivity contribution is -0.115. The zero-order chi connectivity index (χ0) is 8.69. The average Bonchev–Trinajstić information content (AvgIpc) is 2.01. The number of carbonyl (C=O) groups is 1. The molecular weight excluding hydrogens is 138 g/mol. The second kappa shape index (κ2) is 6.10. The van der Waals surface area contributed by atoms with Crippen molar-refractivity contribution in [1.29, 1.82) is 0 Å². The Morgan fingerprint density at radius 2 is 1.91 bits per heavy atom. The van der Waals surface area contributed by atoms with E-state index < -0.39 is 0 Å². The van der Waals surface area contributed by atoms with Gasteiger partial charge in [0.05, 0.1) is 6.54 Å². The molecule has 2 heteroatoms. The lowest BCUT2D eigenvalue weighted by Crippen LogP contribution is -2.28. The molecule has 0 fully saturated rings. The van der Waals surface area contributed by atoms with E-state index in [4.69, 9.17) is 0 Å². The highest BCUT2D eigenvalue weighted by Crippen LogP contribution is 1.88. The molecule has 0 aromatic heterocycles. The standard InChI is InChI=1S/C9H17NO/c1-4-7-9(11)8-10(5-2)6-3/h4,7H,5-6,8H2,1-3H3. The first-order valence-electron chi connectivity index (χ1n) is 4.12. The topological polar surface area (TPSA) is 20.3 Å². The molecule has 0 amide bonds. The highest BCUT2D eigenvalue weighted by Gasteiger charge is 2.02. The van der Waals surface area contributed by atoms with Crippen LogP contribution in [0.3, 0.4) is 0 Å². The Kier molecular flexibility index (Phi) is 5.75. The van der Waals surface area contributed by atoms with Gasteiger partial charge in [0, 0.05) is 0 Å². The molecule has 0 radical (unpaired) electrons. The number of ketones is 1. The monoisotopic (exact) mass is 155 g/mol. The molecule has 0 aliphatic rings. The molecule has 0 heterocycles. The van der Waals surface area contributed by atoms with E-state index in [9.17, 15) is 4.79 Å². The van der Waals surface area contributed by atoms with Crippen molar-refractivity contribution in [3.05, 3.63) is 12.2 Å². The number of carbonyl (C=O) groups excluding carboxylic acids is 1. The summed E-state index contributed by atoms with van der Waals surface area (Å²) in [6, 6.07) is 0. The van der Waals surface area contributed by atoms with Crippen molar-refractivity contribution in [3.8, 4) is 0 Å². The van der Waals surface area contributed by atoms with Gasteiger partial charge in [-0.3, -0.25) is 9.69 Å². The van der Waals surface area contributed by atoms with Gasteiger partial charge in [-0.15, -0.1) is 0 Å². The molecule has 0 atom stereocenters. The van der Waals surface area contributed by atoms with Crippen LogP contribution in [0.4, 0.5) is 0 Å². The van der Waals surface area contributed by atoms with Gasteiger partial charge in [-0.25, -0.2) is 0 Å². The number of nitrogens with zero attached hydrogens (tertiary/aromatic N) is 1. The zero-order valence-electron chi connectivity index (χ0n) is 7.63. The Labute approximate surface area is 68.9 Å². The van der Waals surface area contributed by atoms with Gasteiger partial charge in [0.15, 0.2) is 5.78 Å². The maximum Gasteiger partial charge on any atom is 0.169 e. The summed E-state index contributed by atoms with van der Waals surface area (Å²) < 4.78 is 0. The molecule has 0 saturated heterocycles. The lowest BCUT2D eigenvalue weighted by Gasteiger charge is -2.15. The minimum Gasteiger partial charge on any atom is -0.296 e. The SMILES string of the molecule is CC=CC(=O)CN(CC)CC. The highest BCUT2D eigenvalue weighted by atomic mass is 16.1. The third-order valence-electron chi connectivity index (χ3n) is 1.63.